The Morgan fingerprint density at radius 1 is 0.458 bits per heavy atom. The quantitative estimate of drug-likeness (QED) is 0.0261. The van der Waals surface area contributed by atoms with Crippen molar-refractivity contribution in [3.05, 3.63) is 12.2 Å². The predicted octanol–water partition coefficient (Wildman–Crippen LogP) is 16.4. The molecule has 9 heteroatoms. The van der Waals surface area contributed by atoms with Crippen LogP contribution in [0.5, 0.6) is 0 Å². The number of nitrogens with one attached hydrogen (secondary N) is 1. The summed E-state index contributed by atoms with van der Waals surface area (Å²) in [6, 6.07) is -0.800. The lowest BCUT2D eigenvalue weighted by Gasteiger charge is -2.40. The van der Waals surface area contributed by atoms with Gasteiger partial charge >= 0.3 is 0 Å². The summed E-state index contributed by atoms with van der Waals surface area (Å²) in [6.07, 6.45) is 60.3. The normalized spacial score (nSPS) is 19.1. The minimum Gasteiger partial charge on any atom is -0.394 e. The molecule has 1 fully saturated rings. The maximum atomic E-state index is 13.1. The minimum atomic E-state index is -1.56. The topological polar surface area (TPSA) is 149 Å². The Balaban J connectivity index is 2.07. The fraction of sp³-hybridized carbons (Fsp3) is 0.952. The van der Waals surface area contributed by atoms with E-state index in [9.17, 15) is 30.3 Å². The van der Waals surface area contributed by atoms with E-state index < -0.39 is 49.5 Å². The molecule has 0 radical (unpaired) electrons. The van der Waals surface area contributed by atoms with Gasteiger partial charge in [-0.15, -0.1) is 0 Å². The molecular formula is C63H123NO8. The van der Waals surface area contributed by atoms with Crippen LogP contribution in [0, 0.1) is 0 Å². The van der Waals surface area contributed by atoms with Crippen molar-refractivity contribution in [2.45, 2.75) is 371 Å². The van der Waals surface area contributed by atoms with E-state index in [2.05, 4.69) is 19.2 Å². The van der Waals surface area contributed by atoms with Crippen LogP contribution in [-0.2, 0) is 14.3 Å². The number of hydrogen-bond donors (Lipinski definition) is 6. The molecule has 1 aliphatic rings. The molecular weight excluding hydrogens is 899 g/mol. The number of carbonyl (C=O) groups is 1. The van der Waals surface area contributed by atoms with Crippen molar-refractivity contribution in [1.29, 1.82) is 0 Å². The summed E-state index contributed by atoms with van der Waals surface area (Å²) in [4.78, 5) is 13.1. The number of amides is 1. The molecule has 7 atom stereocenters. The van der Waals surface area contributed by atoms with Crippen molar-refractivity contribution in [1.82, 2.24) is 5.32 Å². The van der Waals surface area contributed by atoms with Gasteiger partial charge in [0, 0.05) is 6.42 Å². The van der Waals surface area contributed by atoms with Gasteiger partial charge in [-0.25, -0.2) is 0 Å². The lowest BCUT2D eigenvalue weighted by molar-refractivity contribution is -0.302. The second-order valence-electron chi connectivity index (χ2n) is 22.6. The molecule has 0 bridgehead atoms. The van der Waals surface area contributed by atoms with E-state index in [1.54, 1.807) is 6.08 Å². The molecule has 2 unspecified atom stereocenters. The maximum absolute atomic E-state index is 13.1. The lowest BCUT2D eigenvalue weighted by atomic mass is 9.99. The zero-order valence-electron chi connectivity index (χ0n) is 47.7. The summed E-state index contributed by atoms with van der Waals surface area (Å²) in [7, 11) is 0. The van der Waals surface area contributed by atoms with E-state index >= 15 is 0 Å². The Bertz CT molecular complexity index is 1140. The number of aliphatic hydroxyl groups is 5. The monoisotopic (exact) mass is 1020 g/mol. The number of rotatable bonds is 56. The van der Waals surface area contributed by atoms with Crippen LogP contribution in [0.1, 0.15) is 328 Å². The third kappa shape index (κ3) is 42.1. The average molecular weight is 1020 g/mol. The molecule has 9 nitrogen and oxygen atoms in total. The first kappa shape index (κ1) is 68.9. The third-order valence-electron chi connectivity index (χ3n) is 15.6. The van der Waals surface area contributed by atoms with Gasteiger partial charge < -0.3 is 40.3 Å². The van der Waals surface area contributed by atoms with Crippen molar-refractivity contribution < 1.29 is 39.8 Å². The third-order valence-corrected chi connectivity index (χ3v) is 15.6. The molecule has 1 amide bonds. The number of carbonyl (C=O) groups excluding carboxylic acids is 1. The summed E-state index contributed by atoms with van der Waals surface area (Å²) >= 11 is 0. The number of ether oxygens (including phenoxy) is 2. The number of unbranched alkanes of at least 4 members (excludes halogenated alkanes) is 46. The molecule has 0 aromatic heterocycles. The molecule has 0 spiro atoms. The van der Waals surface area contributed by atoms with Gasteiger partial charge in [-0.2, -0.15) is 0 Å². The van der Waals surface area contributed by atoms with Crippen LogP contribution in [0.15, 0.2) is 12.2 Å². The Hall–Kier alpha value is -1.07. The largest absolute Gasteiger partial charge is 0.394 e. The van der Waals surface area contributed by atoms with E-state index in [1.165, 1.54) is 270 Å². The fourth-order valence-corrected chi connectivity index (χ4v) is 10.6. The van der Waals surface area contributed by atoms with Crippen LogP contribution in [-0.4, -0.2) is 87.5 Å². The first-order chi connectivity index (χ1) is 35.3. The maximum Gasteiger partial charge on any atom is 0.220 e. The Kier molecular flexibility index (Phi) is 51.1. The van der Waals surface area contributed by atoms with Crippen molar-refractivity contribution in [3.8, 4) is 0 Å². The highest BCUT2D eigenvalue weighted by Gasteiger charge is 2.44. The summed E-state index contributed by atoms with van der Waals surface area (Å²) in [5.74, 6) is -0.169. The molecule has 428 valence electrons. The van der Waals surface area contributed by atoms with Gasteiger partial charge in [0.05, 0.1) is 25.4 Å². The van der Waals surface area contributed by atoms with Crippen molar-refractivity contribution >= 4 is 5.91 Å². The van der Waals surface area contributed by atoms with Gasteiger partial charge in [0.2, 0.25) is 5.91 Å². The van der Waals surface area contributed by atoms with Gasteiger partial charge in [-0.1, -0.05) is 315 Å². The van der Waals surface area contributed by atoms with E-state index in [-0.39, 0.29) is 12.5 Å². The Morgan fingerprint density at radius 2 is 0.764 bits per heavy atom. The molecule has 0 saturated carbocycles. The number of aliphatic hydroxyl groups excluding tert-OH is 5. The summed E-state index contributed by atoms with van der Waals surface area (Å²) in [5, 5.41) is 54.5. The first-order valence-corrected chi connectivity index (χ1v) is 31.9. The van der Waals surface area contributed by atoms with Crippen molar-refractivity contribution in [2.75, 3.05) is 13.2 Å². The SMILES string of the molecule is CCCCCCCCCCCCCCC/C=C/[C@@H](O)[C@H](CO[C@@H]1O[C@H](CO)[C@H](O)C(O)C1O)NC(=O)CCCCCCCCCCCCCCCCCCCCCCCCCCCCCCCCCCCC. The van der Waals surface area contributed by atoms with E-state index in [1.807, 2.05) is 6.08 Å². The predicted molar refractivity (Wildman–Crippen MR) is 304 cm³/mol. The number of hydrogen-bond acceptors (Lipinski definition) is 8. The highest BCUT2D eigenvalue weighted by Crippen LogP contribution is 2.23. The van der Waals surface area contributed by atoms with Crippen molar-refractivity contribution in [3.63, 3.8) is 0 Å². The highest BCUT2D eigenvalue weighted by atomic mass is 16.7. The van der Waals surface area contributed by atoms with E-state index in [0.29, 0.717) is 6.42 Å². The van der Waals surface area contributed by atoms with Gasteiger partial charge in [0.1, 0.15) is 24.4 Å². The van der Waals surface area contributed by atoms with Crippen LogP contribution in [0.25, 0.3) is 0 Å². The molecule has 1 aliphatic heterocycles. The van der Waals surface area contributed by atoms with Gasteiger partial charge in [-0.05, 0) is 19.3 Å². The minimum absolute atomic E-state index is 0.169. The second-order valence-corrected chi connectivity index (χ2v) is 22.6. The second kappa shape index (κ2) is 53.3. The van der Waals surface area contributed by atoms with Crippen LogP contribution in [0.4, 0.5) is 0 Å². The van der Waals surface area contributed by atoms with E-state index in [0.717, 1.165) is 38.5 Å². The van der Waals surface area contributed by atoms with E-state index in [4.69, 9.17) is 9.47 Å². The lowest BCUT2D eigenvalue weighted by Crippen LogP contribution is -2.60. The highest BCUT2D eigenvalue weighted by molar-refractivity contribution is 5.76. The van der Waals surface area contributed by atoms with Crippen molar-refractivity contribution in [2.24, 2.45) is 0 Å². The fourth-order valence-electron chi connectivity index (χ4n) is 10.6. The summed E-state index contributed by atoms with van der Waals surface area (Å²) in [5.41, 5.74) is 0. The molecule has 1 heterocycles. The summed E-state index contributed by atoms with van der Waals surface area (Å²) < 4.78 is 11.3. The van der Waals surface area contributed by atoms with Crippen LogP contribution >= 0.6 is 0 Å². The zero-order valence-corrected chi connectivity index (χ0v) is 47.7. The Labute approximate surface area is 446 Å². The van der Waals surface area contributed by atoms with Crippen LogP contribution < -0.4 is 5.32 Å². The molecule has 0 aromatic rings. The summed E-state index contributed by atoms with van der Waals surface area (Å²) in [6.45, 7) is 3.82. The zero-order chi connectivity index (χ0) is 52.2. The standard InChI is InChI=1S/C63H123NO8/c1-3-5-7-9-11-13-15-17-19-20-21-22-23-24-25-26-27-28-29-30-31-32-33-34-35-36-37-39-41-43-45-47-49-51-53-59(67)64-56(55-71-63-62(70)61(69)60(68)58(54-65)72-63)57(66)52-50-48-46-44-42-40-38-18-16-14-12-10-8-6-4-2/h50,52,56-58,60-63,65-66,68-70H,3-49,51,53-55H2,1-2H3,(H,64,67)/b52-50+/t56-,57+,58+,60-,61?,62?,63+/m0/s1. The molecule has 0 aromatic carbocycles. The van der Waals surface area contributed by atoms with Crippen LogP contribution in [0.2, 0.25) is 0 Å². The average Bonchev–Trinajstić information content (AvgIpc) is 3.38. The Morgan fingerprint density at radius 3 is 1.08 bits per heavy atom. The molecule has 1 saturated heterocycles. The molecule has 72 heavy (non-hydrogen) atoms. The smallest absolute Gasteiger partial charge is 0.220 e. The molecule has 0 aliphatic carbocycles. The molecule has 1 rings (SSSR count). The van der Waals surface area contributed by atoms with Gasteiger partial charge in [-0.3, -0.25) is 4.79 Å². The van der Waals surface area contributed by atoms with Gasteiger partial charge in [0.25, 0.3) is 0 Å². The molecule has 6 N–H and O–H groups in total. The first-order valence-electron chi connectivity index (χ1n) is 31.9. The number of allylic oxidation sites excluding steroid dienone is 1. The van der Waals surface area contributed by atoms with Gasteiger partial charge in [0.15, 0.2) is 6.29 Å². The van der Waals surface area contributed by atoms with Crippen LogP contribution in [0.3, 0.4) is 0 Å².